The SMILES string of the molecule is COC(=O)c1ccc(NC(=O)C2CSCN2)cc1C.Cl. The number of nitrogens with one attached hydrogen (secondary N) is 2. The molecule has 2 N–H and O–H groups in total. The molecule has 2 rings (SSSR count). The molecule has 1 aliphatic rings. The molecule has 1 amide bonds. The van der Waals surface area contributed by atoms with Gasteiger partial charge in [-0.15, -0.1) is 24.2 Å². The zero-order valence-corrected chi connectivity index (χ0v) is 12.9. The van der Waals surface area contributed by atoms with Gasteiger partial charge < -0.3 is 10.1 Å². The van der Waals surface area contributed by atoms with Gasteiger partial charge in [0, 0.05) is 17.3 Å². The molecule has 1 fully saturated rings. The molecule has 5 nitrogen and oxygen atoms in total. The van der Waals surface area contributed by atoms with E-state index in [0.717, 1.165) is 17.2 Å². The first kappa shape index (κ1) is 16.8. The second-order valence-corrected chi connectivity index (χ2v) is 5.31. The third-order valence-corrected chi connectivity index (χ3v) is 3.87. The molecular formula is C13H17ClN2O3S. The van der Waals surface area contributed by atoms with Gasteiger partial charge in [0.2, 0.25) is 5.91 Å². The molecule has 0 aromatic heterocycles. The second-order valence-electron chi connectivity index (χ2n) is 4.28. The number of carbonyl (C=O) groups is 2. The van der Waals surface area contributed by atoms with E-state index >= 15 is 0 Å². The van der Waals surface area contributed by atoms with Crippen LogP contribution in [0.25, 0.3) is 0 Å². The van der Waals surface area contributed by atoms with E-state index in [1.807, 2.05) is 6.92 Å². The number of methoxy groups -OCH3 is 1. The van der Waals surface area contributed by atoms with Crippen molar-refractivity contribution >= 4 is 41.7 Å². The van der Waals surface area contributed by atoms with Gasteiger partial charge in [-0.25, -0.2) is 4.79 Å². The minimum Gasteiger partial charge on any atom is -0.465 e. The summed E-state index contributed by atoms with van der Waals surface area (Å²) in [4.78, 5) is 23.4. The Morgan fingerprint density at radius 3 is 2.75 bits per heavy atom. The van der Waals surface area contributed by atoms with Gasteiger partial charge in [0.1, 0.15) is 0 Å². The molecule has 1 heterocycles. The summed E-state index contributed by atoms with van der Waals surface area (Å²) in [6.45, 7) is 1.81. The highest BCUT2D eigenvalue weighted by atomic mass is 35.5. The average Bonchev–Trinajstić information content (AvgIpc) is 2.92. The number of rotatable bonds is 3. The number of benzene rings is 1. The predicted octanol–water partition coefficient (Wildman–Crippen LogP) is 1.80. The lowest BCUT2D eigenvalue weighted by atomic mass is 10.1. The monoisotopic (exact) mass is 316 g/mol. The highest BCUT2D eigenvalue weighted by molar-refractivity contribution is 7.99. The van der Waals surface area contributed by atoms with Crippen LogP contribution in [0.2, 0.25) is 0 Å². The van der Waals surface area contributed by atoms with Crippen molar-refractivity contribution < 1.29 is 14.3 Å². The number of halogens is 1. The molecule has 20 heavy (non-hydrogen) atoms. The van der Waals surface area contributed by atoms with Gasteiger partial charge in [-0.05, 0) is 30.7 Å². The molecule has 0 bridgehead atoms. The number of ether oxygens (including phenoxy) is 1. The first-order valence-electron chi connectivity index (χ1n) is 5.93. The zero-order valence-electron chi connectivity index (χ0n) is 11.3. The van der Waals surface area contributed by atoms with Crippen LogP contribution >= 0.6 is 24.2 Å². The van der Waals surface area contributed by atoms with Crippen LogP contribution in [-0.4, -0.2) is 36.7 Å². The lowest BCUT2D eigenvalue weighted by Gasteiger charge is -2.12. The summed E-state index contributed by atoms with van der Waals surface area (Å²) in [6, 6.07) is 4.99. The molecule has 1 unspecified atom stereocenters. The standard InChI is InChI=1S/C13H16N2O3S.ClH/c1-8-5-9(3-4-10(8)13(17)18-2)15-12(16)11-6-19-7-14-11;/h3-5,11,14H,6-7H2,1-2H3,(H,15,16);1H. The number of carbonyl (C=O) groups excluding carboxylic acids is 2. The lowest BCUT2D eigenvalue weighted by Crippen LogP contribution is -2.37. The van der Waals surface area contributed by atoms with Gasteiger partial charge in [0.05, 0.1) is 18.7 Å². The smallest absolute Gasteiger partial charge is 0.338 e. The van der Waals surface area contributed by atoms with E-state index < -0.39 is 0 Å². The summed E-state index contributed by atoms with van der Waals surface area (Å²) in [7, 11) is 1.35. The largest absolute Gasteiger partial charge is 0.465 e. The van der Waals surface area contributed by atoms with E-state index in [4.69, 9.17) is 0 Å². The Morgan fingerprint density at radius 2 is 2.20 bits per heavy atom. The molecule has 1 aliphatic heterocycles. The summed E-state index contributed by atoms with van der Waals surface area (Å²) >= 11 is 1.70. The molecule has 110 valence electrons. The number of esters is 1. The number of anilines is 1. The van der Waals surface area contributed by atoms with E-state index in [0.29, 0.717) is 11.3 Å². The fourth-order valence-electron chi connectivity index (χ4n) is 1.87. The Labute approximate surface area is 128 Å². The van der Waals surface area contributed by atoms with Gasteiger partial charge in [-0.1, -0.05) is 0 Å². The van der Waals surface area contributed by atoms with Gasteiger partial charge in [-0.2, -0.15) is 0 Å². The van der Waals surface area contributed by atoms with Gasteiger partial charge in [-0.3, -0.25) is 10.1 Å². The van der Waals surface area contributed by atoms with E-state index in [2.05, 4.69) is 15.4 Å². The van der Waals surface area contributed by atoms with Crippen LogP contribution in [0.4, 0.5) is 5.69 Å². The Balaban J connectivity index is 0.00000200. The molecule has 1 saturated heterocycles. The van der Waals surface area contributed by atoms with Crippen molar-refractivity contribution in [3.63, 3.8) is 0 Å². The third-order valence-electron chi connectivity index (χ3n) is 2.93. The minimum absolute atomic E-state index is 0. The summed E-state index contributed by atoms with van der Waals surface area (Å²) in [5.74, 6) is 1.17. The van der Waals surface area contributed by atoms with Crippen LogP contribution in [0.15, 0.2) is 18.2 Å². The quantitative estimate of drug-likeness (QED) is 0.832. The number of hydrogen-bond donors (Lipinski definition) is 2. The molecule has 0 radical (unpaired) electrons. The molecule has 1 aromatic carbocycles. The average molecular weight is 317 g/mol. The van der Waals surface area contributed by atoms with E-state index in [1.54, 1.807) is 30.0 Å². The molecule has 1 aromatic rings. The third kappa shape index (κ3) is 3.88. The van der Waals surface area contributed by atoms with Gasteiger partial charge >= 0.3 is 5.97 Å². The van der Waals surface area contributed by atoms with E-state index in [1.165, 1.54) is 7.11 Å². The van der Waals surface area contributed by atoms with Crippen molar-refractivity contribution in [2.24, 2.45) is 0 Å². The fourth-order valence-corrected chi connectivity index (χ4v) is 2.82. The van der Waals surface area contributed by atoms with Crippen molar-refractivity contribution in [2.45, 2.75) is 13.0 Å². The first-order chi connectivity index (χ1) is 9.11. The maximum absolute atomic E-state index is 11.9. The first-order valence-corrected chi connectivity index (χ1v) is 7.08. The van der Waals surface area contributed by atoms with E-state index in [9.17, 15) is 9.59 Å². The zero-order chi connectivity index (χ0) is 13.8. The van der Waals surface area contributed by atoms with E-state index in [-0.39, 0.29) is 30.3 Å². The van der Waals surface area contributed by atoms with Crippen molar-refractivity contribution in [1.82, 2.24) is 5.32 Å². The van der Waals surface area contributed by atoms with Crippen molar-refractivity contribution in [3.05, 3.63) is 29.3 Å². The summed E-state index contributed by atoms with van der Waals surface area (Å²) in [6.07, 6.45) is 0. The Kier molecular flexibility index (Phi) is 6.32. The molecule has 7 heteroatoms. The Morgan fingerprint density at radius 1 is 1.45 bits per heavy atom. The number of thioether (sulfide) groups is 1. The van der Waals surface area contributed by atoms with Crippen LogP contribution in [0.3, 0.4) is 0 Å². The maximum atomic E-state index is 11.9. The minimum atomic E-state index is -0.371. The summed E-state index contributed by atoms with van der Waals surface area (Å²) in [5, 5.41) is 5.95. The summed E-state index contributed by atoms with van der Waals surface area (Å²) < 4.78 is 4.68. The Hall–Kier alpha value is -1.24. The maximum Gasteiger partial charge on any atom is 0.338 e. The second kappa shape index (κ2) is 7.52. The Bertz CT molecular complexity index is 504. The van der Waals surface area contributed by atoms with Crippen LogP contribution in [0.1, 0.15) is 15.9 Å². The number of hydrogen-bond acceptors (Lipinski definition) is 5. The lowest BCUT2D eigenvalue weighted by molar-refractivity contribution is -0.117. The molecule has 0 spiro atoms. The number of aryl methyl sites for hydroxylation is 1. The topological polar surface area (TPSA) is 67.4 Å². The van der Waals surface area contributed by atoms with Crippen LogP contribution in [0, 0.1) is 6.92 Å². The molecule has 0 saturated carbocycles. The van der Waals surface area contributed by atoms with Crippen molar-refractivity contribution in [3.8, 4) is 0 Å². The van der Waals surface area contributed by atoms with Gasteiger partial charge in [0.15, 0.2) is 0 Å². The molecule has 1 atom stereocenters. The van der Waals surface area contributed by atoms with Crippen LogP contribution in [0.5, 0.6) is 0 Å². The molecular weight excluding hydrogens is 300 g/mol. The predicted molar refractivity (Wildman–Crippen MR) is 82.6 cm³/mol. The fraction of sp³-hybridized carbons (Fsp3) is 0.385. The van der Waals surface area contributed by atoms with Crippen LogP contribution in [-0.2, 0) is 9.53 Å². The number of amides is 1. The van der Waals surface area contributed by atoms with Crippen LogP contribution < -0.4 is 10.6 Å². The normalized spacial score (nSPS) is 17.2. The van der Waals surface area contributed by atoms with Crippen molar-refractivity contribution in [2.75, 3.05) is 24.1 Å². The highest BCUT2D eigenvalue weighted by Gasteiger charge is 2.22. The molecule has 0 aliphatic carbocycles. The van der Waals surface area contributed by atoms with Gasteiger partial charge in [0.25, 0.3) is 0 Å². The van der Waals surface area contributed by atoms with Crippen molar-refractivity contribution in [1.29, 1.82) is 0 Å². The highest BCUT2D eigenvalue weighted by Crippen LogP contribution is 2.17. The summed E-state index contributed by atoms with van der Waals surface area (Å²) in [5.41, 5.74) is 1.97.